The summed E-state index contributed by atoms with van der Waals surface area (Å²) in [6, 6.07) is 12.7. The molecule has 1 unspecified atom stereocenters. The quantitative estimate of drug-likeness (QED) is 0.291. The van der Waals surface area contributed by atoms with Crippen molar-refractivity contribution in [1.82, 2.24) is 20.3 Å². The van der Waals surface area contributed by atoms with Crippen LogP contribution in [0.15, 0.2) is 55.0 Å². The Labute approximate surface area is 236 Å². The number of pyridine rings is 1. The zero-order valence-corrected chi connectivity index (χ0v) is 22.5. The van der Waals surface area contributed by atoms with Crippen LogP contribution < -0.4 is 20.7 Å². The van der Waals surface area contributed by atoms with Gasteiger partial charge < -0.3 is 20.7 Å². The third-order valence-electron chi connectivity index (χ3n) is 8.87. The van der Waals surface area contributed by atoms with Crippen LogP contribution >= 0.6 is 0 Å². The minimum absolute atomic E-state index is 0.0282. The highest BCUT2D eigenvalue weighted by Gasteiger charge is 2.55. The SMILES string of the molecule is N#Cc1cnc(NCc2ccccc2OC(F)(F)F)nc1NC[C@@]12CC3C[C@H](C1)[C@@H](NCc1ccncc1)[C@@H](C3)C2. The molecule has 0 spiro atoms. The monoisotopic (exact) mass is 563 g/mol. The van der Waals surface area contributed by atoms with Gasteiger partial charge in [0.2, 0.25) is 5.95 Å². The van der Waals surface area contributed by atoms with Gasteiger partial charge in [0.15, 0.2) is 0 Å². The van der Waals surface area contributed by atoms with E-state index in [2.05, 4.69) is 53.8 Å². The number of nitrogens with zero attached hydrogens (tertiary/aromatic N) is 4. The molecule has 7 rings (SSSR count). The van der Waals surface area contributed by atoms with Crippen molar-refractivity contribution in [2.75, 3.05) is 17.2 Å². The predicted molar refractivity (Wildman–Crippen MR) is 147 cm³/mol. The lowest BCUT2D eigenvalue weighted by molar-refractivity contribution is -0.274. The highest BCUT2D eigenvalue weighted by Crippen LogP contribution is 2.60. The maximum atomic E-state index is 12.8. The molecule has 2 aromatic heterocycles. The van der Waals surface area contributed by atoms with Gasteiger partial charge in [-0.05, 0) is 79.0 Å². The Morgan fingerprint density at radius 3 is 2.49 bits per heavy atom. The maximum Gasteiger partial charge on any atom is 0.573 e. The van der Waals surface area contributed by atoms with Crippen LogP contribution in [-0.4, -0.2) is 33.9 Å². The first kappa shape index (κ1) is 27.3. The first-order valence-electron chi connectivity index (χ1n) is 14.0. The average Bonchev–Trinajstić information content (AvgIpc) is 2.95. The first-order valence-corrected chi connectivity index (χ1v) is 14.0. The highest BCUT2D eigenvalue weighted by molar-refractivity contribution is 5.53. The molecule has 0 amide bonds. The van der Waals surface area contributed by atoms with Crippen molar-refractivity contribution in [3.8, 4) is 11.8 Å². The lowest BCUT2D eigenvalue weighted by Gasteiger charge is -2.60. The van der Waals surface area contributed by atoms with E-state index >= 15 is 0 Å². The summed E-state index contributed by atoms with van der Waals surface area (Å²) in [5, 5.41) is 20.0. The normalized spacial score (nSPS) is 26.4. The number of hydrogen-bond acceptors (Lipinski definition) is 8. The largest absolute Gasteiger partial charge is 0.573 e. The van der Waals surface area contributed by atoms with Gasteiger partial charge in [0.05, 0.1) is 6.20 Å². The van der Waals surface area contributed by atoms with E-state index in [1.165, 1.54) is 43.2 Å². The van der Waals surface area contributed by atoms with Crippen LogP contribution in [0.2, 0.25) is 0 Å². The Morgan fingerprint density at radius 2 is 1.76 bits per heavy atom. The number of para-hydroxylation sites is 1. The molecule has 0 aliphatic heterocycles. The molecule has 3 N–H and O–H groups in total. The number of ether oxygens (including phenoxy) is 1. The smallest absolute Gasteiger partial charge is 0.405 e. The molecular formula is C30H32F3N7O. The van der Waals surface area contributed by atoms with Gasteiger partial charge in [-0.2, -0.15) is 10.2 Å². The molecule has 214 valence electrons. The molecule has 41 heavy (non-hydrogen) atoms. The highest BCUT2D eigenvalue weighted by atomic mass is 19.4. The summed E-state index contributed by atoms with van der Waals surface area (Å²) in [6.45, 7) is 1.60. The first-order chi connectivity index (χ1) is 19.8. The van der Waals surface area contributed by atoms with E-state index in [0.29, 0.717) is 34.8 Å². The van der Waals surface area contributed by atoms with E-state index in [-0.39, 0.29) is 23.7 Å². The second-order valence-corrected chi connectivity index (χ2v) is 11.7. The van der Waals surface area contributed by atoms with Crippen molar-refractivity contribution in [3.63, 3.8) is 0 Å². The Kier molecular flexibility index (Phi) is 7.43. The molecule has 3 aromatic rings. The van der Waals surface area contributed by atoms with Gasteiger partial charge in [-0.25, -0.2) is 4.98 Å². The minimum atomic E-state index is -4.79. The number of halogens is 3. The number of nitrogens with one attached hydrogen (secondary N) is 3. The number of anilines is 2. The number of benzene rings is 1. The van der Waals surface area contributed by atoms with Gasteiger partial charge in [-0.3, -0.25) is 4.98 Å². The van der Waals surface area contributed by atoms with Gasteiger partial charge in [0.1, 0.15) is 23.2 Å². The van der Waals surface area contributed by atoms with Crippen LogP contribution in [0.1, 0.15) is 48.8 Å². The fourth-order valence-electron chi connectivity index (χ4n) is 7.48. The number of nitriles is 1. The Bertz CT molecular complexity index is 1400. The van der Waals surface area contributed by atoms with E-state index in [1.54, 1.807) is 12.1 Å². The van der Waals surface area contributed by atoms with Crippen molar-refractivity contribution in [2.45, 2.75) is 57.6 Å². The number of alkyl halides is 3. The summed E-state index contributed by atoms with van der Waals surface area (Å²) in [5.74, 6) is 2.36. The van der Waals surface area contributed by atoms with Crippen molar-refractivity contribution < 1.29 is 17.9 Å². The van der Waals surface area contributed by atoms with Crippen LogP contribution in [0, 0.1) is 34.5 Å². The Morgan fingerprint density at radius 1 is 1.00 bits per heavy atom. The molecule has 5 atom stereocenters. The van der Waals surface area contributed by atoms with Crippen LogP contribution in [0.4, 0.5) is 24.9 Å². The summed E-state index contributed by atoms with van der Waals surface area (Å²) in [6.07, 6.45) is 6.29. The van der Waals surface area contributed by atoms with Gasteiger partial charge in [-0.1, -0.05) is 18.2 Å². The fourth-order valence-corrected chi connectivity index (χ4v) is 7.48. The van der Waals surface area contributed by atoms with Gasteiger partial charge in [-0.15, -0.1) is 13.2 Å². The number of hydrogen-bond donors (Lipinski definition) is 3. The summed E-state index contributed by atoms with van der Waals surface area (Å²) in [5.41, 5.74) is 2.05. The molecule has 4 bridgehead atoms. The van der Waals surface area contributed by atoms with Crippen molar-refractivity contribution in [1.29, 1.82) is 5.26 Å². The third kappa shape index (κ3) is 6.22. The number of aromatic nitrogens is 3. The molecule has 4 fully saturated rings. The van der Waals surface area contributed by atoms with E-state index in [1.807, 2.05) is 12.4 Å². The molecular weight excluding hydrogens is 531 g/mol. The molecule has 11 heteroatoms. The fraction of sp³-hybridized carbons (Fsp3) is 0.467. The van der Waals surface area contributed by atoms with E-state index in [0.717, 1.165) is 31.8 Å². The van der Waals surface area contributed by atoms with Crippen molar-refractivity contribution >= 4 is 11.8 Å². The molecule has 4 saturated carbocycles. The van der Waals surface area contributed by atoms with Crippen molar-refractivity contribution in [3.05, 3.63) is 71.7 Å². The second kappa shape index (κ2) is 11.2. The molecule has 2 heterocycles. The summed E-state index contributed by atoms with van der Waals surface area (Å²) in [7, 11) is 0. The van der Waals surface area contributed by atoms with Crippen molar-refractivity contribution in [2.24, 2.45) is 23.2 Å². The standard InChI is InChI=1S/C30H32F3N7O/c31-30(32,33)41-25-4-2-1-3-21(25)16-37-28-38-17-24(14-34)27(40-28)39-18-29-11-20-9-22(12-29)26(23(10-20)13-29)36-15-19-5-7-35-8-6-19/h1-8,17,20,22-23,26,36H,9-13,15-16,18H2,(H2,37,38,39,40)/t20?,22-,23+,26-,29+. The third-order valence-corrected chi connectivity index (χ3v) is 8.87. The molecule has 0 saturated heterocycles. The summed E-state index contributed by atoms with van der Waals surface area (Å²) < 4.78 is 42.5. The predicted octanol–water partition coefficient (Wildman–Crippen LogP) is 5.65. The molecule has 4 aliphatic carbocycles. The summed E-state index contributed by atoms with van der Waals surface area (Å²) in [4.78, 5) is 12.8. The number of rotatable bonds is 10. The topological polar surface area (TPSA) is 108 Å². The van der Waals surface area contributed by atoms with Gasteiger partial charge >= 0.3 is 6.36 Å². The lowest BCUT2D eigenvalue weighted by Crippen LogP contribution is -2.59. The Hall–Kier alpha value is -3.91. The van der Waals surface area contributed by atoms with Gasteiger partial charge in [0.25, 0.3) is 0 Å². The minimum Gasteiger partial charge on any atom is -0.405 e. The molecule has 1 aromatic carbocycles. The van der Waals surface area contributed by atoms with Crippen LogP contribution in [-0.2, 0) is 13.1 Å². The molecule has 0 radical (unpaired) electrons. The van der Waals surface area contributed by atoms with Crippen LogP contribution in [0.3, 0.4) is 0 Å². The van der Waals surface area contributed by atoms with E-state index < -0.39 is 6.36 Å². The maximum absolute atomic E-state index is 12.8. The zero-order valence-electron chi connectivity index (χ0n) is 22.5. The zero-order chi connectivity index (χ0) is 28.5. The lowest BCUT2D eigenvalue weighted by atomic mass is 9.48. The summed E-state index contributed by atoms with van der Waals surface area (Å²) >= 11 is 0. The van der Waals surface area contributed by atoms with E-state index in [4.69, 9.17) is 0 Å². The van der Waals surface area contributed by atoms with Crippen LogP contribution in [0.5, 0.6) is 5.75 Å². The van der Waals surface area contributed by atoms with Crippen LogP contribution in [0.25, 0.3) is 0 Å². The average molecular weight is 564 g/mol. The van der Waals surface area contributed by atoms with E-state index in [9.17, 15) is 18.4 Å². The Balaban J connectivity index is 1.10. The molecule has 4 aliphatic rings. The second-order valence-electron chi connectivity index (χ2n) is 11.7. The van der Waals surface area contributed by atoms with Gasteiger partial charge in [0, 0.05) is 43.6 Å². The molecule has 8 nitrogen and oxygen atoms in total.